The van der Waals surface area contributed by atoms with Crippen LogP contribution in [0.15, 0.2) is 42.5 Å². The second-order valence-corrected chi connectivity index (χ2v) is 5.56. The van der Waals surface area contributed by atoms with Gasteiger partial charge in [-0.3, -0.25) is 0 Å². The van der Waals surface area contributed by atoms with Crippen molar-refractivity contribution in [3.63, 3.8) is 0 Å². The number of aryl methyl sites for hydroxylation is 2. The van der Waals surface area contributed by atoms with Crippen LogP contribution in [0.5, 0.6) is 5.75 Å². The van der Waals surface area contributed by atoms with Gasteiger partial charge in [0.05, 0.1) is 6.61 Å². The number of benzene rings is 2. The summed E-state index contributed by atoms with van der Waals surface area (Å²) in [6.07, 6.45) is 1.03. The van der Waals surface area contributed by atoms with E-state index in [1.54, 1.807) is 0 Å². The van der Waals surface area contributed by atoms with Crippen molar-refractivity contribution in [3.05, 3.63) is 64.7 Å². The molecular weight excluding hydrogens is 246 g/mol. The van der Waals surface area contributed by atoms with E-state index in [9.17, 15) is 0 Å². The Bertz CT molecular complexity index is 592. The minimum atomic E-state index is 0.387. The van der Waals surface area contributed by atoms with Crippen LogP contribution in [-0.4, -0.2) is 6.61 Å². The molecule has 2 aromatic carbocycles. The standard InChI is InChI=1S/C18H21NO/c1-13-10-14(2)18-16(11-13)17(8-9-20-18)19-12-15-6-4-3-5-7-15/h3-7,10-11,17,19H,8-9,12H2,1-2H3. The Hall–Kier alpha value is -1.80. The van der Waals surface area contributed by atoms with E-state index >= 15 is 0 Å². The first-order valence-electron chi connectivity index (χ1n) is 7.25. The van der Waals surface area contributed by atoms with E-state index in [0.29, 0.717) is 6.04 Å². The first-order chi connectivity index (χ1) is 9.74. The fraction of sp³-hybridized carbons (Fsp3) is 0.333. The summed E-state index contributed by atoms with van der Waals surface area (Å²) >= 11 is 0. The smallest absolute Gasteiger partial charge is 0.126 e. The summed E-state index contributed by atoms with van der Waals surface area (Å²) in [4.78, 5) is 0. The Balaban J connectivity index is 1.80. The maximum absolute atomic E-state index is 5.85. The molecule has 0 bridgehead atoms. The van der Waals surface area contributed by atoms with E-state index in [-0.39, 0.29) is 0 Å². The van der Waals surface area contributed by atoms with Gasteiger partial charge in [-0.15, -0.1) is 0 Å². The molecule has 2 heteroatoms. The van der Waals surface area contributed by atoms with Crippen molar-refractivity contribution in [1.82, 2.24) is 5.32 Å². The lowest BCUT2D eigenvalue weighted by Crippen LogP contribution is -2.27. The van der Waals surface area contributed by atoms with Crippen LogP contribution in [-0.2, 0) is 6.54 Å². The molecule has 0 radical (unpaired) electrons. The lowest BCUT2D eigenvalue weighted by Gasteiger charge is -2.28. The third-order valence-electron chi connectivity index (χ3n) is 3.87. The summed E-state index contributed by atoms with van der Waals surface area (Å²) in [7, 11) is 0. The maximum Gasteiger partial charge on any atom is 0.126 e. The number of hydrogen-bond donors (Lipinski definition) is 1. The van der Waals surface area contributed by atoms with Crippen molar-refractivity contribution in [2.75, 3.05) is 6.61 Å². The van der Waals surface area contributed by atoms with Crippen molar-refractivity contribution >= 4 is 0 Å². The minimum absolute atomic E-state index is 0.387. The molecule has 2 nitrogen and oxygen atoms in total. The first kappa shape index (κ1) is 13.2. The molecule has 0 saturated heterocycles. The van der Waals surface area contributed by atoms with Gasteiger partial charge in [0.15, 0.2) is 0 Å². The molecule has 0 spiro atoms. The topological polar surface area (TPSA) is 21.3 Å². The molecule has 3 rings (SSSR count). The van der Waals surface area contributed by atoms with Crippen LogP contribution < -0.4 is 10.1 Å². The van der Waals surface area contributed by atoms with E-state index in [1.807, 2.05) is 0 Å². The van der Waals surface area contributed by atoms with Gasteiger partial charge in [-0.05, 0) is 25.0 Å². The minimum Gasteiger partial charge on any atom is -0.493 e. The molecule has 1 aliphatic heterocycles. The highest BCUT2D eigenvalue weighted by Gasteiger charge is 2.22. The van der Waals surface area contributed by atoms with Gasteiger partial charge in [0.1, 0.15) is 5.75 Å². The quantitative estimate of drug-likeness (QED) is 0.910. The Kier molecular flexibility index (Phi) is 3.75. The molecular formula is C18H21NO. The van der Waals surface area contributed by atoms with Gasteiger partial charge < -0.3 is 10.1 Å². The van der Waals surface area contributed by atoms with Crippen LogP contribution in [0, 0.1) is 13.8 Å². The van der Waals surface area contributed by atoms with Crippen LogP contribution in [0.1, 0.15) is 34.7 Å². The number of rotatable bonds is 3. The molecule has 0 fully saturated rings. The molecule has 1 aliphatic rings. The van der Waals surface area contributed by atoms with Gasteiger partial charge in [0.2, 0.25) is 0 Å². The Morgan fingerprint density at radius 1 is 1.15 bits per heavy atom. The van der Waals surface area contributed by atoms with E-state index in [0.717, 1.165) is 25.3 Å². The summed E-state index contributed by atoms with van der Waals surface area (Å²) < 4.78 is 5.85. The zero-order valence-electron chi connectivity index (χ0n) is 12.1. The third-order valence-corrected chi connectivity index (χ3v) is 3.87. The van der Waals surface area contributed by atoms with Crippen LogP contribution in [0.25, 0.3) is 0 Å². The van der Waals surface area contributed by atoms with E-state index in [4.69, 9.17) is 4.74 Å². The predicted octanol–water partition coefficient (Wildman–Crippen LogP) is 3.92. The van der Waals surface area contributed by atoms with E-state index < -0.39 is 0 Å². The van der Waals surface area contributed by atoms with Crippen molar-refractivity contribution in [2.24, 2.45) is 0 Å². The SMILES string of the molecule is Cc1cc(C)c2c(c1)C(NCc1ccccc1)CCO2. The lowest BCUT2D eigenvalue weighted by molar-refractivity contribution is 0.250. The van der Waals surface area contributed by atoms with E-state index in [1.165, 1.54) is 22.3 Å². The molecule has 2 aromatic rings. The molecule has 104 valence electrons. The van der Waals surface area contributed by atoms with Crippen molar-refractivity contribution in [1.29, 1.82) is 0 Å². The van der Waals surface area contributed by atoms with Crippen LogP contribution in [0.4, 0.5) is 0 Å². The summed E-state index contributed by atoms with van der Waals surface area (Å²) in [6, 6.07) is 15.4. The number of ether oxygens (including phenoxy) is 1. The third kappa shape index (κ3) is 2.70. The second-order valence-electron chi connectivity index (χ2n) is 5.56. The second kappa shape index (κ2) is 5.68. The largest absolute Gasteiger partial charge is 0.493 e. The lowest BCUT2D eigenvalue weighted by atomic mass is 9.95. The number of hydrogen-bond acceptors (Lipinski definition) is 2. The number of fused-ring (bicyclic) bond motifs is 1. The van der Waals surface area contributed by atoms with Gasteiger partial charge in [-0.25, -0.2) is 0 Å². The Morgan fingerprint density at radius 2 is 1.95 bits per heavy atom. The molecule has 1 atom stereocenters. The van der Waals surface area contributed by atoms with Crippen molar-refractivity contribution in [2.45, 2.75) is 32.9 Å². The highest BCUT2D eigenvalue weighted by atomic mass is 16.5. The Morgan fingerprint density at radius 3 is 2.75 bits per heavy atom. The molecule has 1 heterocycles. The molecule has 0 amide bonds. The predicted molar refractivity (Wildman–Crippen MR) is 82.1 cm³/mol. The first-order valence-corrected chi connectivity index (χ1v) is 7.25. The Labute approximate surface area is 120 Å². The molecule has 20 heavy (non-hydrogen) atoms. The molecule has 0 aromatic heterocycles. The van der Waals surface area contributed by atoms with Gasteiger partial charge >= 0.3 is 0 Å². The molecule has 0 aliphatic carbocycles. The fourth-order valence-corrected chi connectivity index (χ4v) is 2.93. The average Bonchev–Trinajstić information content (AvgIpc) is 2.46. The zero-order chi connectivity index (χ0) is 13.9. The van der Waals surface area contributed by atoms with Gasteiger partial charge in [-0.2, -0.15) is 0 Å². The molecule has 0 saturated carbocycles. The normalized spacial score (nSPS) is 17.4. The molecule has 1 N–H and O–H groups in total. The summed E-state index contributed by atoms with van der Waals surface area (Å²) in [5.41, 5.74) is 5.18. The van der Waals surface area contributed by atoms with Crippen LogP contribution in [0.3, 0.4) is 0 Å². The maximum atomic E-state index is 5.85. The van der Waals surface area contributed by atoms with Crippen LogP contribution in [0.2, 0.25) is 0 Å². The van der Waals surface area contributed by atoms with Gasteiger partial charge in [-0.1, -0.05) is 48.0 Å². The van der Waals surface area contributed by atoms with Crippen molar-refractivity contribution < 1.29 is 4.74 Å². The van der Waals surface area contributed by atoms with Crippen LogP contribution >= 0.6 is 0 Å². The zero-order valence-corrected chi connectivity index (χ0v) is 12.1. The fourth-order valence-electron chi connectivity index (χ4n) is 2.93. The van der Waals surface area contributed by atoms with Gasteiger partial charge in [0, 0.05) is 24.6 Å². The molecule has 1 unspecified atom stereocenters. The summed E-state index contributed by atoms with van der Waals surface area (Å²) in [6.45, 7) is 5.98. The summed E-state index contributed by atoms with van der Waals surface area (Å²) in [5.74, 6) is 1.08. The monoisotopic (exact) mass is 267 g/mol. The van der Waals surface area contributed by atoms with Crippen molar-refractivity contribution in [3.8, 4) is 5.75 Å². The van der Waals surface area contributed by atoms with Gasteiger partial charge in [0.25, 0.3) is 0 Å². The highest BCUT2D eigenvalue weighted by Crippen LogP contribution is 2.35. The average molecular weight is 267 g/mol. The highest BCUT2D eigenvalue weighted by molar-refractivity contribution is 5.46. The summed E-state index contributed by atoms with van der Waals surface area (Å²) in [5, 5.41) is 3.67. The van der Waals surface area contributed by atoms with E-state index in [2.05, 4.69) is 61.6 Å². The number of nitrogens with one attached hydrogen (secondary N) is 1.